The van der Waals surface area contributed by atoms with Crippen LogP contribution < -0.4 is 4.74 Å². The van der Waals surface area contributed by atoms with Crippen LogP contribution in [0.15, 0.2) is 28.7 Å². The number of benzene rings is 1. The number of carbonyl (C=O) groups excluding carboxylic acids is 1. The molecule has 6 nitrogen and oxygen atoms in total. The van der Waals surface area contributed by atoms with Gasteiger partial charge in [-0.3, -0.25) is 4.79 Å². The predicted octanol–water partition coefficient (Wildman–Crippen LogP) is 3.18. The van der Waals surface area contributed by atoms with E-state index in [-0.39, 0.29) is 0 Å². The molecular weight excluding hydrogens is 294 g/mol. The molecule has 0 spiro atoms. The summed E-state index contributed by atoms with van der Waals surface area (Å²) < 4.78 is 12.8. The first kappa shape index (κ1) is 15.0. The molecule has 0 aliphatic heterocycles. The molecule has 0 fully saturated rings. The Morgan fingerprint density at radius 3 is 2.35 bits per heavy atom. The van der Waals surface area contributed by atoms with Crippen molar-refractivity contribution in [1.82, 2.24) is 14.8 Å². The summed E-state index contributed by atoms with van der Waals surface area (Å²) in [6.45, 7) is 3.77. The molecule has 0 unspecified atom stereocenters. The van der Waals surface area contributed by atoms with Crippen molar-refractivity contribution in [3.63, 3.8) is 0 Å². The Balaban J connectivity index is 2.04. The molecule has 1 aromatic carbocycles. The number of aromatic nitrogens is 3. The van der Waals surface area contributed by atoms with Gasteiger partial charge in [0.05, 0.1) is 7.11 Å². The third-order valence-corrected chi connectivity index (χ3v) is 4.07. The maximum absolute atomic E-state index is 11.2. The zero-order valence-electron chi connectivity index (χ0n) is 13.5. The fourth-order valence-corrected chi connectivity index (χ4v) is 2.65. The Bertz CT molecular complexity index is 860. The van der Waals surface area contributed by atoms with Crippen molar-refractivity contribution in [2.75, 3.05) is 7.11 Å². The molecule has 23 heavy (non-hydrogen) atoms. The Hall–Kier alpha value is -2.89. The first-order valence-corrected chi connectivity index (χ1v) is 7.16. The highest BCUT2D eigenvalue weighted by atomic mass is 16.5. The zero-order valence-corrected chi connectivity index (χ0v) is 13.5. The number of carbonyl (C=O) groups is 1. The predicted molar refractivity (Wildman–Crippen MR) is 85.6 cm³/mol. The van der Waals surface area contributed by atoms with Gasteiger partial charge < -0.3 is 13.7 Å². The van der Waals surface area contributed by atoms with Crippen LogP contribution in [0, 0.1) is 13.8 Å². The van der Waals surface area contributed by atoms with Gasteiger partial charge in [-0.15, -0.1) is 10.2 Å². The fraction of sp³-hybridized carbons (Fsp3) is 0.235. The van der Waals surface area contributed by atoms with Gasteiger partial charge in [-0.25, -0.2) is 0 Å². The monoisotopic (exact) mass is 311 g/mol. The molecule has 0 radical (unpaired) electrons. The number of hydrogen-bond donors (Lipinski definition) is 0. The third kappa shape index (κ3) is 2.42. The molecule has 0 aliphatic rings. The largest absolute Gasteiger partial charge is 0.497 e. The van der Waals surface area contributed by atoms with Crippen LogP contribution in [0.25, 0.3) is 23.0 Å². The summed E-state index contributed by atoms with van der Waals surface area (Å²) in [6, 6.07) is 7.38. The Morgan fingerprint density at radius 1 is 1.13 bits per heavy atom. The van der Waals surface area contributed by atoms with E-state index in [1.54, 1.807) is 7.11 Å². The quantitative estimate of drug-likeness (QED) is 0.692. The van der Waals surface area contributed by atoms with Gasteiger partial charge in [0.2, 0.25) is 5.89 Å². The van der Waals surface area contributed by atoms with Crippen LogP contribution in [0.5, 0.6) is 5.75 Å². The number of ether oxygens (including phenoxy) is 1. The maximum Gasteiger partial charge on any atom is 0.264 e. The Morgan fingerprint density at radius 2 is 1.78 bits per heavy atom. The number of hydrogen-bond acceptors (Lipinski definition) is 5. The van der Waals surface area contributed by atoms with Crippen molar-refractivity contribution in [3.05, 3.63) is 41.1 Å². The lowest BCUT2D eigenvalue weighted by molar-refractivity contribution is 0.112. The van der Waals surface area contributed by atoms with Gasteiger partial charge in [0, 0.05) is 23.9 Å². The minimum Gasteiger partial charge on any atom is -0.497 e. The van der Waals surface area contributed by atoms with Crippen molar-refractivity contribution in [2.24, 2.45) is 7.05 Å². The van der Waals surface area contributed by atoms with Crippen LogP contribution in [0.4, 0.5) is 0 Å². The number of methoxy groups -OCH3 is 1. The van der Waals surface area contributed by atoms with E-state index in [9.17, 15) is 4.79 Å². The number of nitrogens with zero attached hydrogens (tertiary/aromatic N) is 3. The molecule has 3 rings (SSSR count). The van der Waals surface area contributed by atoms with Crippen LogP contribution in [0.3, 0.4) is 0 Å². The second-order valence-corrected chi connectivity index (χ2v) is 5.29. The molecule has 6 heteroatoms. The maximum atomic E-state index is 11.2. The van der Waals surface area contributed by atoms with Crippen LogP contribution >= 0.6 is 0 Å². The molecule has 0 bridgehead atoms. The summed E-state index contributed by atoms with van der Waals surface area (Å²) >= 11 is 0. The van der Waals surface area contributed by atoms with Crippen molar-refractivity contribution >= 4 is 6.29 Å². The average Bonchev–Trinajstić information content (AvgIpc) is 3.12. The van der Waals surface area contributed by atoms with Crippen molar-refractivity contribution in [3.8, 4) is 28.8 Å². The number of aldehydes is 1. The van der Waals surface area contributed by atoms with Gasteiger partial charge in [0.25, 0.3) is 5.89 Å². The third-order valence-electron chi connectivity index (χ3n) is 4.07. The molecule has 0 amide bonds. The Kier molecular flexibility index (Phi) is 3.73. The van der Waals surface area contributed by atoms with Gasteiger partial charge in [-0.2, -0.15) is 0 Å². The minimum atomic E-state index is 0.395. The van der Waals surface area contributed by atoms with E-state index in [0.717, 1.165) is 34.6 Å². The second kappa shape index (κ2) is 5.72. The molecular formula is C17H17N3O3. The topological polar surface area (TPSA) is 70.2 Å². The summed E-state index contributed by atoms with van der Waals surface area (Å²) in [5.41, 5.74) is 3.94. The molecule has 2 aromatic heterocycles. The van der Waals surface area contributed by atoms with Crippen LogP contribution in [0.2, 0.25) is 0 Å². The zero-order chi connectivity index (χ0) is 16.6. The van der Waals surface area contributed by atoms with Gasteiger partial charge in [0.15, 0.2) is 6.29 Å². The van der Waals surface area contributed by atoms with Gasteiger partial charge in [-0.05, 0) is 43.7 Å². The van der Waals surface area contributed by atoms with E-state index >= 15 is 0 Å². The van der Waals surface area contributed by atoms with E-state index in [1.165, 1.54) is 0 Å². The van der Waals surface area contributed by atoms with E-state index in [2.05, 4.69) is 10.2 Å². The first-order chi connectivity index (χ1) is 11.1. The first-order valence-electron chi connectivity index (χ1n) is 7.16. The second-order valence-electron chi connectivity index (χ2n) is 5.29. The highest BCUT2D eigenvalue weighted by Gasteiger charge is 2.21. The minimum absolute atomic E-state index is 0.395. The molecule has 2 heterocycles. The van der Waals surface area contributed by atoms with E-state index in [0.29, 0.717) is 17.3 Å². The molecule has 118 valence electrons. The van der Waals surface area contributed by atoms with Gasteiger partial charge in [0.1, 0.15) is 11.4 Å². The van der Waals surface area contributed by atoms with Crippen LogP contribution in [-0.4, -0.2) is 28.2 Å². The van der Waals surface area contributed by atoms with E-state index in [1.807, 2.05) is 49.7 Å². The lowest BCUT2D eigenvalue weighted by Gasteiger charge is -2.01. The number of rotatable bonds is 4. The van der Waals surface area contributed by atoms with Crippen LogP contribution in [-0.2, 0) is 7.05 Å². The summed E-state index contributed by atoms with van der Waals surface area (Å²) in [5, 5.41) is 8.24. The summed E-state index contributed by atoms with van der Waals surface area (Å²) in [4.78, 5) is 11.2. The molecule has 0 saturated heterocycles. The summed E-state index contributed by atoms with van der Waals surface area (Å²) in [5.74, 6) is 1.58. The standard InChI is InChI=1S/C17H17N3O3/c1-10-14(9-21)11(2)20(3)15(10)17-19-18-16(23-17)12-5-7-13(22-4)8-6-12/h5-9H,1-4H3. The Labute approximate surface area is 133 Å². The molecule has 0 atom stereocenters. The highest BCUT2D eigenvalue weighted by Crippen LogP contribution is 2.30. The average molecular weight is 311 g/mol. The smallest absolute Gasteiger partial charge is 0.264 e. The highest BCUT2D eigenvalue weighted by molar-refractivity contribution is 5.83. The molecule has 0 N–H and O–H groups in total. The van der Waals surface area contributed by atoms with Crippen molar-refractivity contribution in [2.45, 2.75) is 13.8 Å². The molecule has 3 aromatic rings. The molecule has 0 saturated carbocycles. The summed E-state index contributed by atoms with van der Waals surface area (Å²) in [7, 11) is 3.49. The lowest BCUT2D eigenvalue weighted by Crippen LogP contribution is -1.95. The van der Waals surface area contributed by atoms with E-state index in [4.69, 9.17) is 9.15 Å². The van der Waals surface area contributed by atoms with Gasteiger partial charge in [-0.1, -0.05) is 0 Å². The normalized spacial score (nSPS) is 10.8. The summed E-state index contributed by atoms with van der Waals surface area (Å²) in [6.07, 6.45) is 0.856. The van der Waals surface area contributed by atoms with Gasteiger partial charge >= 0.3 is 0 Å². The van der Waals surface area contributed by atoms with Crippen LogP contribution in [0.1, 0.15) is 21.6 Å². The SMILES string of the molecule is COc1ccc(-c2nnc(-c3c(C)c(C=O)c(C)n3C)o2)cc1. The van der Waals surface area contributed by atoms with Crippen molar-refractivity contribution in [1.29, 1.82) is 0 Å². The fourth-order valence-electron chi connectivity index (χ4n) is 2.65. The van der Waals surface area contributed by atoms with E-state index < -0.39 is 0 Å². The molecule has 0 aliphatic carbocycles. The lowest BCUT2D eigenvalue weighted by atomic mass is 10.1. The van der Waals surface area contributed by atoms with Crippen molar-refractivity contribution < 1.29 is 13.9 Å².